The van der Waals surface area contributed by atoms with Gasteiger partial charge in [-0.05, 0) is 38.5 Å². The molecule has 2 aromatic rings. The van der Waals surface area contributed by atoms with E-state index in [4.69, 9.17) is 15.2 Å². The van der Waals surface area contributed by atoms with Crippen LogP contribution in [0.1, 0.15) is 32.6 Å². The number of hydrogen-bond donors (Lipinski definition) is 2. The third-order valence-corrected chi connectivity index (χ3v) is 4.76. The molecule has 0 saturated carbocycles. The summed E-state index contributed by atoms with van der Waals surface area (Å²) in [6, 6.07) is 8.00. The lowest BCUT2D eigenvalue weighted by atomic mass is 10.1. The number of aromatic nitrogens is 2. The number of nitrogens with zero attached hydrogens (tertiary/aromatic N) is 3. The van der Waals surface area contributed by atoms with Gasteiger partial charge in [0.2, 0.25) is 0 Å². The average Bonchev–Trinajstić information content (AvgIpc) is 3.07. The molecule has 1 fully saturated rings. The predicted molar refractivity (Wildman–Crippen MR) is 113 cm³/mol. The number of benzene rings is 1. The van der Waals surface area contributed by atoms with E-state index in [9.17, 15) is 4.79 Å². The lowest BCUT2D eigenvalue weighted by molar-refractivity contribution is 0.0524. The van der Waals surface area contributed by atoms with Crippen LogP contribution in [0.2, 0.25) is 0 Å². The second-order valence-electron chi connectivity index (χ2n) is 8.20. The molecule has 158 valence electrons. The normalized spacial score (nSPS) is 15.8. The molecule has 0 radical (unpaired) electrons. The maximum Gasteiger partial charge on any atom is 0.407 e. The average molecular weight is 402 g/mol. The summed E-state index contributed by atoms with van der Waals surface area (Å²) in [7, 11) is 1.93. The number of rotatable bonds is 5. The van der Waals surface area contributed by atoms with Gasteiger partial charge in [0, 0.05) is 32.4 Å². The van der Waals surface area contributed by atoms with Crippen molar-refractivity contribution in [1.82, 2.24) is 14.9 Å². The highest BCUT2D eigenvalue weighted by Gasteiger charge is 2.19. The highest BCUT2D eigenvalue weighted by molar-refractivity contribution is 5.67. The van der Waals surface area contributed by atoms with Crippen LogP contribution in [0.5, 0.6) is 0 Å². The Kier molecular flexibility index (Phi) is 6.44. The third kappa shape index (κ3) is 5.48. The molecule has 1 aromatic carbocycles. The van der Waals surface area contributed by atoms with Gasteiger partial charge in [0.15, 0.2) is 0 Å². The highest BCUT2D eigenvalue weighted by Crippen LogP contribution is 2.25. The molecule has 0 unspecified atom stereocenters. The fourth-order valence-electron chi connectivity index (χ4n) is 3.30. The fraction of sp³-hybridized carbons (Fsp3) is 0.524. The number of hydrogen-bond acceptors (Lipinski definition) is 6. The number of nitrogens with one attached hydrogen (secondary N) is 1. The van der Waals surface area contributed by atoms with Gasteiger partial charge in [0.25, 0.3) is 0 Å². The summed E-state index contributed by atoms with van der Waals surface area (Å²) in [6.07, 6.45) is 1.33. The molecule has 1 aliphatic heterocycles. The van der Waals surface area contributed by atoms with Crippen LogP contribution in [0.4, 0.5) is 10.5 Å². The maximum atomic E-state index is 11.8. The molecule has 1 atom stereocenters. The molecule has 2 heterocycles. The zero-order chi connectivity index (χ0) is 21.0. The fourth-order valence-corrected chi connectivity index (χ4v) is 3.30. The number of anilines is 1. The van der Waals surface area contributed by atoms with E-state index >= 15 is 0 Å². The summed E-state index contributed by atoms with van der Waals surface area (Å²) < 4.78 is 12.6. The molecule has 0 spiro atoms. The van der Waals surface area contributed by atoms with Gasteiger partial charge in [-0.2, -0.15) is 0 Å². The minimum absolute atomic E-state index is 0.245. The van der Waals surface area contributed by atoms with Gasteiger partial charge in [-0.25, -0.2) is 9.78 Å². The minimum atomic E-state index is -0.544. The summed E-state index contributed by atoms with van der Waals surface area (Å²) >= 11 is 0. The van der Waals surface area contributed by atoms with Crippen LogP contribution >= 0.6 is 0 Å². The molecule has 1 amide bonds. The van der Waals surface area contributed by atoms with Gasteiger partial charge < -0.3 is 30.0 Å². The van der Waals surface area contributed by atoms with Crippen molar-refractivity contribution in [3.8, 4) is 11.3 Å². The molecule has 1 aliphatic rings. The largest absolute Gasteiger partial charge is 0.444 e. The summed E-state index contributed by atoms with van der Waals surface area (Å²) in [6.45, 7) is 9.06. The molecule has 0 bridgehead atoms. The number of morpholine rings is 1. The van der Waals surface area contributed by atoms with E-state index in [1.54, 1.807) is 0 Å². The van der Waals surface area contributed by atoms with Crippen LogP contribution in [0.15, 0.2) is 30.5 Å². The molecule has 3 rings (SSSR count). The van der Waals surface area contributed by atoms with E-state index in [0.717, 1.165) is 37.6 Å². The van der Waals surface area contributed by atoms with Crippen molar-refractivity contribution in [1.29, 1.82) is 0 Å². The molecule has 8 nitrogen and oxygen atoms in total. The van der Waals surface area contributed by atoms with Crippen LogP contribution in [0, 0.1) is 0 Å². The molecule has 8 heteroatoms. The van der Waals surface area contributed by atoms with E-state index in [1.165, 1.54) is 5.69 Å². The van der Waals surface area contributed by atoms with Crippen LogP contribution in [0.25, 0.3) is 11.3 Å². The lowest BCUT2D eigenvalue weighted by Gasteiger charge is -2.28. The Balaban J connectivity index is 1.64. The second-order valence-corrected chi connectivity index (χ2v) is 8.20. The van der Waals surface area contributed by atoms with Crippen molar-refractivity contribution in [3.63, 3.8) is 0 Å². The van der Waals surface area contributed by atoms with Crippen molar-refractivity contribution < 1.29 is 14.3 Å². The van der Waals surface area contributed by atoms with Gasteiger partial charge in [0.1, 0.15) is 11.4 Å². The minimum Gasteiger partial charge on any atom is -0.444 e. The summed E-state index contributed by atoms with van der Waals surface area (Å²) in [5.41, 5.74) is 8.94. The van der Waals surface area contributed by atoms with Crippen LogP contribution < -0.4 is 16.0 Å². The third-order valence-electron chi connectivity index (χ3n) is 4.76. The van der Waals surface area contributed by atoms with E-state index in [2.05, 4.69) is 39.5 Å². The summed E-state index contributed by atoms with van der Waals surface area (Å²) in [5.74, 6) is 0.702. The number of alkyl carbamates (subject to hydrolysis) is 1. The van der Waals surface area contributed by atoms with E-state index in [-0.39, 0.29) is 6.54 Å². The maximum absolute atomic E-state index is 11.8. The number of amides is 1. The zero-order valence-corrected chi connectivity index (χ0v) is 17.6. The highest BCUT2D eigenvalue weighted by atomic mass is 16.6. The Labute approximate surface area is 172 Å². The Hall–Kier alpha value is -2.58. The molecule has 1 saturated heterocycles. The molecular weight excluding hydrogens is 370 g/mol. The van der Waals surface area contributed by atoms with Gasteiger partial charge in [-0.3, -0.25) is 0 Å². The smallest absolute Gasteiger partial charge is 0.407 e. The number of ether oxygens (including phenoxy) is 2. The first kappa shape index (κ1) is 21.1. The Bertz CT molecular complexity index is 820. The first-order valence-electron chi connectivity index (χ1n) is 9.92. The second kappa shape index (κ2) is 8.84. The summed E-state index contributed by atoms with van der Waals surface area (Å²) in [5, 5.41) is 2.70. The molecule has 3 N–H and O–H groups in total. The van der Waals surface area contributed by atoms with Gasteiger partial charge >= 0.3 is 6.09 Å². The Morgan fingerprint density at radius 1 is 1.28 bits per heavy atom. The van der Waals surface area contributed by atoms with Crippen LogP contribution in [-0.2, 0) is 16.5 Å². The van der Waals surface area contributed by atoms with Crippen molar-refractivity contribution in [2.75, 3.05) is 37.7 Å². The molecule has 29 heavy (non-hydrogen) atoms. The monoisotopic (exact) mass is 401 g/mol. The van der Waals surface area contributed by atoms with Gasteiger partial charge in [-0.1, -0.05) is 12.1 Å². The molecule has 1 aromatic heterocycles. The number of carbonyl (C=O) groups is 1. The number of nitrogens with two attached hydrogens (primary N) is 1. The number of imidazole rings is 1. The van der Waals surface area contributed by atoms with E-state index in [0.29, 0.717) is 5.82 Å². The molecule has 0 aliphatic carbocycles. The van der Waals surface area contributed by atoms with Gasteiger partial charge in [-0.15, -0.1) is 0 Å². The van der Waals surface area contributed by atoms with Crippen LogP contribution in [0.3, 0.4) is 0 Å². The first-order chi connectivity index (χ1) is 13.7. The van der Waals surface area contributed by atoms with Crippen LogP contribution in [-0.4, -0.2) is 54.1 Å². The van der Waals surface area contributed by atoms with Crippen molar-refractivity contribution >= 4 is 11.8 Å². The van der Waals surface area contributed by atoms with Crippen molar-refractivity contribution in [2.45, 2.75) is 32.4 Å². The van der Waals surface area contributed by atoms with E-state index < -0.39 is 17.7 Å². The Morgan fingerprint density at radius 2 is 1.93 bits per heavy atom. The standard InChI is InChI=1S/C21H31N5O3/c1-21(2,3)29-20(27)24-13-17(22)19-23-14-18(25(19)4)15-5-7-16(8-6-15)26-9-11-28-12-10-26/h5-8,14,17H,9-13,22H2,1-4H3,(H,24,27)/t17-/m0/s1. The summed E-state index contributed by atoms with van der Waals surface area (Å²) in [4.78, 5) is 18.6. The SMILES string of the molecule is Cn1c(-c2ccc(N3CCOCC3)cc2)cnc1[C@@H](N)CNC(=O)OC(C)(C)C. The van der Waals surface area contributed by atoms with E-state index in [1.807, 2.05) is 38.6 Å². The first-order valence-corrected chi connectivity index (χ1v) is 9.92. The van der Waals surface area contributed by atoms with Crippen molar-refractivity contribution in [2.24, 2.45) is 12.8 Å². The van der Waals surface area contributed by atoms with Gasteiger partial charge in [0.05, 0.1) is 31.1 Å². The predicted octanol–water partition coefficient (Wildman–Crippen LogP) is 2.45. The quantitative estimate of drug-likeness (QED) is 0.799. The van der Waals surface area contributed by atoms with Crippen molar-refractivity contribution in [3.05, 3.63) is 36.3 Å². The Morgan fingerprint density at radius 3 is 2.55 bits per heavy atom. The lowest BCUT2D eigenvalue weighted by Crippen LogP contribution is -2.37. The topological polar surface area (TPSA) is 94.6 Å². The number of carbonyl (C=O) groups excluding carboxylic acids is 1. The molecular formula is C21H31N5O3. The zero-order valence-electron chi connectivity index (χ0n) is 17.6.